The van der Waals surface area contributed by atoms with Crippen molar-refractivity contribution in [1.82, 2.24) is 4.98 Å². The maximum Gasteiger partial charge on any atom is 0.490 e. The highest BCUT2D eigenvalue weighted by Crippen LogP contribution is 2.36. The average Bonchev–Trinajstić information content (AvgIpc) is 2.65. The largest absolute Gasteiger partial charge is 0.490 e. The Morgan fingerprint density at radius 1 is 1.20 bits per heavy atom. The van der Waals surface area contributed by atoms with Gasteiger partial charge in [0.2, 0.25) is 0 Å². The number of benzene rings is 1. The van der Waals surface area contributed by atoms with Crippen molar-refractivity contribution >= 4 is 22.6 Å². The number of pyridine rings is 1. The quantitative estimate of drug-likeness (QED) is 0.667. The lowest BCUT2D eigenvalue weighted by Crippen LogP contribution is -2.51. The van der Waals surface area contributed by atoms with Crippen molar-refractivity contribution in [2.24, 2.45) is 11.7 Å². The van der Waals surface area contributed by atoms with Crippen LogP contribution in [-0.2, 0) is 4.79 Å². The van der Waals surface area contributed by atoms with Crippen molar-refractivity contribution in [2.45, 2.75) is 24.8 Å². The monoisotopic (exact) mass is 434 g/mol. The third-order valence-corrected chi connectivity index (χ3v) is 4.40. The average molecular weight is 434 g/mol. The number of carboxylic acid groups (broad SMARTS) is 1. The first-order valence-corrected chi connectivity index (χ1v) is 8.49. The van der Waals surface area contributed by atoms with E-state index in [2.05, 4.69) is 11.1 Å². The number of hydrogen-bond donors (Lipinski definition) is 2. The Hall–Kier alpha value is -3.07. The van der Waals surface area contributed by atoms with Crippen molar-refractivity contribution in [3.8, 4) is 6.07 Å². The zero-order valence-corrected chi connectivity index (χ0v) is 15.2. The van der Waals surface area contributed by atoms with Gasteiger partial charge in [-0.1, -0.05) is 0 Å². The van der Waals surface area contributed by atoms with Gasteiger partial charge in [-0.25, -0.2) is 4.79 Å². The van der Waals surface area contributed by atoms with Crippen LogP contribution < -0.4 is 10.6 Å². The summed E-state index contributed by atoms with van der Waals surface area (Å²) in [7, 11) is 0. The van der Waals surface area contributed by atoms with Crippen LogP contribution in [0, 0.1) is 17.2 Å². The third-order valence-electron chi connectivity index (χ3n) is 4.40. The van der Waals surface area contributed by atoms with E-state index in [4.69, 9.17) is 20.9 Å². The summed E-state index contributed by atoms with van der Waals surface area (Å²) < 4.78 is 71.0. The first-order chi connectivity index (χ1) is 13.8. The van der Waals surface area contributed by atoms with E-state index in [0.29, 0.717) is 28.7 Å². The van der Waals surface area contributed by atoms with E-state index in [1.807, 2.05) is 0 Å². The Bertz CT molecular complexity index is 954. The molecule has 3 N–H and O–H groups in total. The lowest BCUT2D eigenvalue weighted by molar-refractivity contribution is -0.192. The summed E-state index contributed by atoms with van der Waals surface area (Å²) in [6.07, 6.45) is -7.85. The van der Waals surface area contributed by atoms with Crippen LogP contribution in [0.15, 0.2) is 30.5 Å². The van der Waals surface area contributed by atoms with Gasteiger partial charge in [-0.15, -0.1) is 0 Å². The molecule has 0 unspecified atom stereocenters. The fraction of sp³-hybridized carbons (Fsp3) is 0.389. The zero-order valence-electron chi connectivity index (χ0n) is 15.2. The number of hydrogen-bond acceptors (Lipinski definition) is 5. The van der Waals surface area contributed by atoms with Crippen molar-refractivity contribution in [3.05, 3.63) is 36.0 Å². The van der Waals surface area contributed by atoms with Gasteiger partial charge in [-0.3, -0.25) is 4.98 Å². The minimum absolute atomic E-state index is 0.0630. The van der Waals surface area contributed by atoms with Crippen LogP contribution in [0.4, 0.5) is 32.0 Å². The van der Waals surface area contributed by atoms with E-state index in [1.54, 1.807) is 35.4 Å². The fourth-order valence-electron chi connectivity index (χ4n) is 3.10. The minimum atomic E-state index is -5.08. The number of rotatable bonds is 1. The summed E-state index contributed by atoms with van der Waals surface area (Å²) in [6.45, 7) is 0.218. The lowest BCUT2D eigenvalue weighted by atomic mass is 9.93. The van der Waals surface area contributed by atoms with Gasteiger partial charge in [0.15, 0.2) is 0 Å². The van der Waals surface area contributed by atoms with Crippen LogP contribution >= 0.6 is 0 Å². The molecule has 162 valence electrons. The number of carboxylic acids is 1. The number of aromatic nitrogens is 1. The molecule has 2 aromatic rings. The summed E-state index contributed by atoms with van der Waals surface area (Å²) in [6, 6.07) is 8.25. The predicted octanol–water partition coefficient (Wildman–Crippen LogP) is 3.46. The first-order valence-electron chi connectivity index (χ1n) is 8.49. The van der Waals surface area contributed by atoms with Crippen LogP contribution in [0.2, 0.25) is 0 Å². The molecule has 0 spiro atoms. The van der Waals surface area contributed by atoms with Gasteiger partial charge in [-0.05, 0) is 30.7 Å². The molecule has 0 amide bonds. The molecule has 30 heavy (non-hydrogen) atoms. The van der Waals surface area contributed by atoms with Crippen LogP contribution in [-0.4, -0.2) is 47.5 Å². The predicted molar refractivity (Wildman–Crippen MR) is 94.5 cm³/mol. The number of nitrogens with two attached hydrogens (primary N) is 1. The number of nitrogens with zero attached hydrogens (tertiary/aromatic N) is 3. The Kier molecular flexibility index (Phi) is 6.77. The number of carbonyl (C=O) groups is 1. The minimum Gasteiger partial charge on any atom is -0.475 e. The smallest absolute Gasteiger partial charge is 0.475 e. The van der Waals surface area contributed by atoms with E-state index in [9.17, 15) is 26.3 Å². The van der Waals surface area contributed by atoms with E-state index in [-0.39, 0.29) is 13.0 Å². The number of nitriles is 1. The maximum absolute atomic E-state index is 13.1. The van der Waals surface area contributed by atoms with Crippen LogP contribution in [0.1, 0.15) is 12.0 Å². The van der Waals surface area contributed by atoms with Gasteiger partial charge in [0.25, 0.3) is 0 Å². The molecule has 0 aliphatic carbocycles. The molecule has 0 bridgehead atoms. The first kappa shape index (κ1) is 23.2. The topological polar surface area (TPSA) is 103 Å². The molecule has 0 saturated carbocycles. The Labute approximate surface area is 166 Å². The molecule has 0 radical (unpaired) electrons. The molecule has 1 fully saturated rings. The molecule has 3 rings (SSSR count). The van der Waals surface area contributed by atoms with Gasteiger partial charge in [-0.2, -0.15) is 31.6 Å². The molecule has 1 aromatic heterocycles. The summed E-state index contributed by atoms with van der Waals surface area (Å²) in [5.74, 6) is -4.21. The fourth-order valence-corrected chi connectivity index (χ4v) is 3.10. The highest BCUT2D eigenvalue weighted by Gasteiger charge is 2.44. The molecule has 12 heteroatoms. The molecule has 1 saturated heterocycles. The molecule has 1 aliphatic heterocycles. The Morgan fingerprint density at radius 2 is 1.83 bits per heavy atom. The van der Waals surface area contributed by atoms with Crippen molar-refractivity contribution in [1.29, 1.82) is 5.26 Å². The second kappa shape index (κ2) is 8.74. The van der Waals surface area contributed by atoms with Gasteiger partial charge in [0, 0.05) is 36.4 Å². The van der Waals surface area contributed by atoms with E-state index < -0.39 is 30.3 Å². The van der Waals surface area contributed by atoms with Crippen molar-refractivity contribution in [3.63, 3.8) is 0 Å². The van der Waals surface area contributed by atoms with E-state index >= 15 is 0 Å². The highest BCUT2D eigenvalue weighted by atomic mass is 19.4. The number of fused-ring (bicyclic) bond motifs is 1. The van der Waals surface area contributed by atoms with Crippen LogP contribution in [0.5, 0.6) is 0 Å². The number of halogens is 6. The zero-order chi connectivity index (χ0) is 22.7. The van der Waals surface area contributed by atoms with Gasteiger partial charge < -0.3 is 15.7 Å². The lowest BCUT2D eigenvalue weighted by Gasteiger charge is -2.38. The molecule has 1 aliphatic rings. The molecular formula is C18H16F6N4O2. The third kappa shape index (κ3) is 5.50. The summed E-state index contributed by atoms with van der Waals surface area (Å²) in [4.78, 5) is 14.7. The van der Waals surface area contributed by atoms with Crippen LogP contribution in [0.3, 0.4) is 0 Å². The van der Waals surface area contributed by atoms with Gasteiger partial charge in [0.1, 0.15) is 6.07 Å². The van der Waals surface area contributed by atoms with E-state index in [1.165, 1.54) is 0 Å². The molecule has 2 atom stereocenters. The molecule has 2 heterocycles. The van der Waals surface area contributed by atoms with Crippen LogP contribution in [0.25, 0.3) is 10.9 Å². The number of anilines is 1. The normalized spacial score (nSPS) is 19.6. The molecule has 6 nitrogen and oxygen atoms in total. The van der Waals surface area contributed by atoms with Crippen molar-refractivity contribution in [2.75, 3.05) is 18.0 Å². The summed E-state index contributed by atoms with van der Waals surface area (Å²) >= 11 is 0. The molecule has 1 aromatic carbocycles. The standard InChI is InChI=1S/C16H15F3N4.C2HF3O2/c17-16(18,19)11-6-12(21)9-23(8-11)14-4-3-10(7-20)15-13(14)2-1-5-22-15;3-2(4,5)1(6)7/h1-5,11-12H,6,8-9,21H2;(H,6,7)/t11-,12+;/m0./s1. The second-order valence-electron chi connectivity index (χ2n) is 6.59. The second-order valence-corrected chi connectivity index (χ2v) is 6.59. The van der Waals surface area contributed by atoms with E-state index in [0.717, 1.165) is 0 Å². The Balaban J connectivity index is 0.000000396. The van der Waals surface area contributed by atoms with Gasteiger partial charge in [0.05, 0.1) is 17.0 Å². The van der Waals surface area contributed by atoms with Crippen molar-refractivity contribution < 1.29 is 36.2 Å². The maximum atomic E-state index is 13.1. The number of aliphatic carboxylic acids is 1. The Morgan fingerprint density at radius 3 is 2.37 bits per heavy atom. The number of piperidine rings is 1. The molecular weight excluding hydrogens is 418 g/mol. The highest BCUT2D eigenvalue weighted by molar-refractivity contribution is 5.95. The number of alkyl halides is 6. The van der Waals surface area contributed by atoms with Gasteiger partial charge >= 0.3 is 18.3 Å². The SMILES string of the molecule is N#Cc1ccc(N2C[C@H](N)C[C@H](C(F)(F)F)C2)c2cccnc12.O=C(O)C(F)(F)F. The summed E-state index contributed by atoms with van der Waals surface area (Å²) in [5.41, 5.74) is 7.37. The summed E-state index contributed by atoms with van der Waals surface area (Å²) in [5, 5.41) is 16.9.